The van der Waals surface area contributed by atoms with Crippen LogP contribution in [0.15, 0.2) is 24.3 Å². The molecular formula is C16H21N3O2. The van der Waals surface area contributed by atoms with Gasteiger partial charge in [0.25, 0.3) is 0 Å². The number of nitrogens with zero attached hydrogens (tertiary/aromatic N) is 1. The van der Waals surface area contributed by atoms with Crippen molar-refractivity contribution >= 4 is 17.0 Å². The van der Waals surface area contributed by atoms with Gasteiger partial charge in [-0.15, -0.1) is 0 Å². The number of nitrogens with one attached hydrogen (secondary N) is 2. The number of hydrogen-bond acceptors (Lipinski definition) is 3. The van der Waals surface area contributed by atoms with E-state index >= 15 is 0 Å². The average molecular weight is 301 g/mol. The van der Waals surface area contributed by atoms with Gasteiger partial charge in [0.1, 0.15) is 6.61 Å². The molecule has 5 nitrogen and oxygen atoms in total. The molecule has 21 heavy (non-hydrogen) atoms. The number of amides is 1. The molecule has 1 aliphatic rings. The molecule has 1 aliphatic heterocycles. The molecule has 2 heterocycles. The molecular weight excluding hydrogens is 266 g/mol. The quantitative estimate of drug-likeness (QED) is 0.887. The monoisotopic (exact) mass is 301 g/mol. The summed E-state index contributed by atoms with van der Waals surface area (Å²) in [6, 6.07) is -3.51. The first-order chi connectivity index (χ1) is 15.7. The Morgan fingerprint density at radius 3 is 3.24 bits per heavy atom. The Morgan fingerprint density at radius 1 is 1.57 bits per heavy atom. The van der Waals surface area contributed by atoms with Gasteiger partial charge in [0.15, 0.2) is 0 Å². The lowest BCUT2D eigenvalue weighted by Gasteiger charge is -2.09. The highest BCUT2D eigenvalue weighted by Crippen LogP contribution is 2.21. The lowest BCUT2D eigenvalue weighted by atomic mass is 10.0. The number of ether oxygens (including phenoxy) is 1. The zero-order valence-corrected chi connectivity index (χ0v) is 10.8. The van der Waals surface area contributed by atoms with Crippen molar-refractivity contribution < 1.29 is 28.7 Å². The molecule has 1 fully saturated rings. The van der Waals surface area contributed by atoms with E-state index in [0.717, 1.165) is 0 Å². The molecule has 1 saturated heterocycles. The second-order valence-corrected chi connectivity index (χ2v) is 4.33. The second kappa shape index (κ2) is 5.77. The van der Waals surface area contributed by atoms with Crippen molar-refractivity contribution in [1.29, 1.82) is 0 Å². The summed E-state index contributed by atoms with van der Waals surface area (Å²) in [5, 5.41) is 1.74. The van der Waals surface area contributed by atoms with Crippen LogP contribution in [0, 0.1) is 0 Å². The van der Waals surface area contributed by atoms with Crippen LogP contribution in [0.3, 0.4) is 0 Å². The number of hydrogen-bond donors (Lipinski definition) is 2. The topological polar surface area (TPSA) is 57.4 Å². The highest BCUT2D eigenvalue weighted by molar-refractivity contribution is 5.84. The van der Waals surface area contributed by atoms with E-state index in [1.54, 1.807) is 0 Å². The number of benzene rings is 1. The normalized spacial score (nSPS) is 30.5. The molecule has 0 bridgehead atoms. The standard InChI is InChI=1S/C16H21N3O2/c1-19(2)6-5-12-9-17-15-4-3-11(8-14(12)15)7-13-10-21-16(20)18-13/h3-4,8-9,13,17H,5-7,10H2,1-2H3,(H,18,20)/t13-/m0/s1/i1D3,2D3,3D,4D,5D2,7D2,8D,9D. The molecule has 0 unspecified atom stereocenters. The van der Waals surface area contributed by atoms with Gasteiger partial charge in [-0.25, -0.2) is 4.79 Å². The first-order valence-corrected chi connectivity index (χ1v) is 6.05. The van der Waals surface area contributed by atoms with Crippen LogP contribution >= 0.6 is 0 Å². The van der Waals surface area contributed by atoms with Crippen LogP contribution in [-0.2, 0) is 17.5 Å². The molecule has 1 atom stereocenters. The van der Waals surface area contributed by atoms with Crippen LogP contribution in [0.4, 0.5) is 4.79 Å². The molecule has 1 amide bonds. The minimum Gasteiger partial charge on any atom is -0.447 e. The molecule has 1 aromatic heterocycles. The van der Waals surface area contributed by atoms with Gasteiger partial charge in [-0.2, -0.15) is 0 Å². The number of fused-ring (bicyclic) bond motifs is 1. The van der Waals surface area contributed by atoms with Crippen LogP contribution in [-0.4, -0.2) is 49.1 Å². The van der Waals surface area contributed by atoms with Crippen LogP contribution < -0.4 is 5.32 Å². The predicted molar refractivity (Wildman–Crippen MR) is 82.5 cm³/mol. The molecule has 2 aromatic rings. The Morgan fingerprint density at radius 2 is 2.48 bits per heavy atom. The first-order valence-electron chi connectivity index (χ1n) is 13.0. The molecule has 1 aromatic carbocycles. The average Bonchev–Trinajstić information content (AvgIpc) is 3.27. The fourth-order valence-electron chi connectivity index (χ4n) is 1.87. The Balaban J connectivity index is 2.27. The van der Waals surface area contributed by atoms with Crippen LogP contribution in [0.1, 0.15) is 30.3 Å². The third-order valence-corrected chi connectivity index (χ3v) is 2.78. The zero-order valence-electron chi connectivity index (χ0n) is 24.8. The van der Waals surface area contributed by atoms with Crippen LogP contribution in [0.2, 0.25) is 0 Å². The van der Waals surface area contributed by atoms with Gasteiger partial charge in [-0.05, 0) is 49.9 Å². The summed E-state index contributed by atoms with van der Waals surface area (Å²) in [6.45, 7) is -8.17. The SMILES string of the molecule is [2H]c1[nH]c2c([2H])c([2H])c(C([2H])([2H])[C@H]3COC(=O)N3)c([2H])c2c1C([2H])([2H])CN(C([2H])([2H])[2H])C([2H])([2H])[2H]. The fraction of sp³-hybridized carbons (Fsp3) is 0.438. The van der Waals surface area contributed by atoms with E-state index in [4.69, 9.17) is 23.9 Å². The van der Waals surface area contributed by atoms with Gasteiger partial charge in [-0.1, -0.05) is 6.04 Å². The van der Waals surface area contributed by atoms with Crippen molar-refractivity contribution in [3.8, 4) is 0 Å². The van der Waals surface area contributed by atoms with Crippen molar-refractivity contribution in [2.45, 2.75) is 18.8 Å². The summed E-state index contributed by atoms with van der Waals surface area (Å²) in [6.07, 6.45) is -7.13. The molecule has 3 rings (SSSR count). The maximum Gasteiger partial charge on any atom is 0.407 e. The van der Waals surface area contributed by atoms with Gasteiger partial charge in [-0.3, -0.25) is 0 Å². The number of carbonyl (C=O) groups is 1. The van der Waals surface area contributed by atoms with E-state index in [0.29, 0.717) is 0 Å². The van der Waals surface area contributed by atoms with E-state index in [1.807, 2.05) is 0 Å². The lowest BCUT2D eigenvalue weighted by Crippen LogP contribution is -2.28. The van der Waals surface area contributed by atoms with Gasteiger partial charge in [0, 0.05) is 37.3 Å². The maximum absolute atomic E-state index is 11.4. The molecule has 2 N–H and O–H groups in total. The maximum atomic E-state index is 11.4. The largest absolute Gasteiger partial charge is 0.447 e. The molecule has 0 aliphatic carbocycles. The van der Waals surface area contributed by atoms with E-state index in [1.165, 1.54) is 0 Å². The number of H-pyrrole nitrogens is 1. The number of aromatic nitrogens is 1. The number of rotatable bonds is 5. The number of aromatic amines is 1. The van der Waals surface area contributed by atoms with Gasteiger partial charge >= 0.3 is 6.09 Å². The van der Waals surface area contributed by atoms with Crippen molar-refractivity contribution in [1.82, 2.24) is 15.2 Å². The smallest absolute Gasteiger partial charge is 0.407 e. The van der Waals surface area contributed by atoms with Crippen LogP contribution in [0.25, 0.3) is 10.9 Å². The second-order valence-electron chi connectivity index (χ2n) is 4.33. The summed E-state index contributed by atoms with van der Waals surface area (Å²) < 4.78 is 117. The Kier molecular flexibility index (Phi) is 1.38. The van der Waals surface area contributed by atoms with Crippen molar-refractivity contribution in [3.05, 3.63) is 35.4 Å². The number of likely N-dealkylation sites (N-methyl/N-ethyl adjacent to an activating group) is 1. The molecule has 5 heteroatoms. The highest BCUT2D eigenvalue weighted by Gasteiger charge is 2.22. The third kappa shape index (κ3) is 3.19. The Labute approximate surface area is 143 Å². The van der Waals surface area contributed by atoms with E-state index < -0.39 is 92.8 Å². The lowest BCUT2D eigenvalue weighted by molar-refractivity contribution is 0.177. The molecule has 112 valence electrons. The van der Waals surface area contributed by atoms with Gasteiger partial charge < -0.3 is 19.9 Å². The van der Waals surface area contributed by atoms with Gasteiger partial charge in [0.05, 0.1) is 11.5 Å². The Hall–Kier alpha value is -2.01. The summed E-state index contributed by atoms with van der Waals surface area (Å²) >= 11 is 0. The number of carbonyl (C=O) groups excluding carboxylic acids is 1. The number of alkyl carbamates (subject to hydrolysis) is 1. The summed E-state index contributed by atoms with van der Waals surface area (Å²) in [5.41, 5.74) is -1.68. The minimum atomic E-state index is -3.24. The summed E-state index contributed by atoms with van der Waals surface area (Å²) in [4.78, 5) is 13.8. The zero-order chi connectivity index (χ0) is 26.9. The summed E-state index contributed by atoms with van der Waals surface area (Å²) in [7, 11) is 0. The molecule has 0 spiro atoms. The molecule has 0 saturated carbocycles. The van der Waals surface area contributed by atoms with Crippen molar-refractivity contribution in [2.75, 3.05) is 27.1 Å². The van der Waals surface area contributed by atoms with Crippen molar-refractivity contribution in [2.24, 2.45) is 0 Å². The molecule has 0 radical (unpaired) electrons. The van der Waals surface area contributed by atoms with E-state index in [-0.39, 0.29) is 10.4 Å². The van der Waals surface area contributed by atoms with Gasteiger partial charge in [0.2, 0.25) is 0 Å². The predicted octanol–water partition coefficient (Wildman–Crippen LogP) is 1.92. The first kappa shape index (κ1) is 5.02. The summed E-state index contributed by atoms with van der Waals surface area (Å²) in [5.74, 6) is 0. The Bertz CT molecular complexity index is 1160. The highest BCUT2D eigenvalue weighted by atomic mass is 16.6. The number of cyclic esters (lactones) is 1. The van der Waals surface area contributed by atoms with Crippen LogP contribution in [0.5, 0.6) is 0 Å². The van der Waals surface area contributed by atoms with Crippen molar-refractivity contribution in [3.63, 3.8) is 0 Å². The van der Waals surface area contributed by atoms with E-state index in [2.05, 4.69) is 10.3 Å². The third-order valence-electron chi connectivity index (χ3n) is 2.78. The minimum absolute atomic E-state index is 0.0477. The van der Waals surface area contributed by atoms with E-state index in [9.17, 15) is 4.79 Å². The fourth-order valence-corrected chi connectivity index (χ4v) is 1.87.